The van der Waals surface area contributed by atoms with Gasteiger partial charge in [-0.25, -0.2) is 13.4 Å². The lowest BCUT2D eigenvalue weighted by Gasteiger charge is -2.14. The molecule has 2 aromatic carbocycles. The number of rotatable bonds is 8. The molecule has 1 aliphatic heterocycles. The van der Waals surface area contributed by atoms with Crippen molar-refractivity contribution in [2.45, 2.75) is 37.7 Å². The van der Waals surface area contributed by atoms with Gasteiger partial charge in [-0.05, 0) is 80.3 Å². The number of aryl methyl sites for hydroxylation is 2. The van der Waals surface area contributed by atoms with Crippen molar-refractivity contribution in [2.75, 3.05) is 17.9 Å². The minimum absolute atomic E-state index is 0.0323. The van der Waals surface area contributed by atoms with Crippen LogP contribution in [0.25, 0.3) is 0 Å². The lowest BCUT2D eigenvalue weighted by Crippen LogP contribution is -2.32. The Morgan fingerprint density at radius 1 is 1.15 bits per heavy atom. The Bertz CT molecular complexity index is 1270. The summed E-state index contributed by atoms with van der Waals surface area (Å²) >= 11 is 0. The van der Waals surface area contributed by atoms with Gasteiger partial charge in [0.1, 0.15) is 11.3 Å². The van der Waals surface area contributed by atoms with Crippen LogP contribution in [0.4, 0.5) is 5.69 Å². The van der Waals surface area contributed by atoms with Crippen LogP contribution in [0.5, 0.6) is 11.6 Å². The number of anilines is 1. The molecule has 1 aliphatic rings. The van der Waals surface area contributed by atoms with Gasteiger partial charge in [0.25, 0.3) is 15.9 Å². The average Bonchev–Trinajstić information content (AvgIpc) is 3.34. The molecule has 1 atom stereocenters. The molecule has 0 radical (unpaired) electrons. The molecule has 0 saturated carbocycles. The van der Waals surface area contributed by atoms with Crippen LogP contribution in [0, 0.1) is 13.8 Å². The van der Waals surface area contributed by atoms with Gasteiger partial charge in [0, 0.05) is 25.0 Å². The zero-order valence-corrected chi connectivity index (χ0v) is 19.9. The van der Waals surface area contributed by atoms with Crippen LogP contribution in [-0.4, -0.2) is 38.6 Å². The Kier molecular flexibility index (Phi) is 7.14. The van der Waals surface area contributed by atoms with Crippen molar-refractivity contribution in [3.8, 4) is 11.6 Å². The van der Waals surface area contributed by atoms with Crippen molar-refractivity contribution in [1.29, 1.82) is 0 Å². The van der Waals surface area contributed by atoms with E-state index in [2.05, 4.69) is 15.0 Å². The normalized spacial score (nSPS) is 15.6. The van der Waals surface area contributed by atoms with Crippen LogP contribution < -0.4 is 14.8 Å². The zero-order valence-electron chi connectivity index (χ0n) is 19.1. The summed E-state index contributed by atoms with van der Waals surface area (Å²) < 4.78 is 39.6. The van der Waals surface area contributed by atoms with E-state index < -0.39 is 10.0 Å². The molecule has 0 unspecified atom stereocenters. The Balaban J connectivity index is 1.44. The van der Waals surface area contributed by atoms with Gasteiger partial charge in [0.05, 0.1) is 11.0 Å². The number of ether oxygens (including phenoxy) is 2. The summed E-state index contributed by atoms with van der Waals surface area (Å²) in [5.41, 5.74) is 2.23. The standard InChI is InChI=1S/C25H27N3O5S/c1-17-7-8-18(2)23(15-17)34(30,31)28-19-9-11-20(12-10-19)33-25-22(6-3-13-26-25)24(29)27-16-21-5-4-14-32-21/h3,6-13,15,21,28H,4-5,14,16H2,1-2H3,(H,27,29)/t21-/m0/s1. The Labute approximate surface area is 199 Å². The van der Waals surface area contributed by atoms with Crippen LogP contribution in [0.3, 0.4) is 0 Å². The largest absolute Gasteiger partial charge is 0.438 e. The Morgan fingerprint density at radius 2 is 1.94 bits per heavy atom. The predicted molar refractivity (Wildman–Crippen MR) is 129 cm³/mol. The number of nitrogens with zero attached hydrogens (tertiary/aromatic N) is 1. The molecular formula is C25H27N3O5S. The van der Waals surface area contributed by atoms with Crippen molar-refractivity contribution in [2.24, 2.45) is 0 Å². The van der Waals surface area contributed by atoms with Crippen LogP contribution in [-0.2, 0) is 14.8 Å². The summed E-state index contributed by atoms with van der Waals surface area (Å²) in [6, 6.07) is 15.0. The second-order valence-corrected chi connectivity index (χ2v) is 9.85. The monoisotopic (exact) mass is 481 g/mol. The number of aromatic nitrogens is 1. The molecule has 3 aromatic rings. The summed E-state index contributed by atoms with van der Waals surface area (Å²) in [5, 5.41) is 2.87. The highest BCUT2D eigenvalue weighted by molar-refractivity contribution is 7.92. The number of sulfonamides is 1. The highest BCUT2D eigenvalue weighted by atomic mass is 32.2. The van der Waals surface area contributed by atoms with Crippen molar-refractivity contribution in [3.63, 3.8) is 0 Å². The molecule has 1 aromatic heterocycles. The second-order valence-electron chi connectivity index (χ2n) is 8.20. The van der Waals surface area contributed by atoms with Gasteiger partial charge in [-0.3, -0.25) is 9.52 Å². The number of pyridine rings is 1. The second kappa shape index (κ2) is 10.2. The fourth-order valence-electron chi connectivity index (χ4n) is 3.66. The molecule has 8 nitrogen and oxygen atoms in total. The van der Waals surface area contributed by atoms with Gasteiger partial charge in [0.15, 0.2) is 0 Å². The molecule has 0 aliphatic carbocycles. The first-order valence-corrected chi connectivity index (χ1v) is 12.5. The van der Waals surface area contributed by atoms with Gasteiger partial charge in [-0.15, -0.1) is 0 Å². The van der Waals surface area contributed by atoms with Crippen LogP contribution in [0.15, 0.2) is 65.7 Å². The highest BCUT2D eigenvalue weighted by Gasteiger charge is 2.20. The number of benzene rings is 2. The number of hydrogen-bond acceptors (Lipinski definition) is 6. The van der Waals surface area contributed by atoms with E-state index >= 15 is 0 Å². The van der Waals surface area contributed by atoms with E-state index in [1.165, 1.54) is 0 Å². The number of amides is 1. The van der Waals surface area contributed by atoms with Gasteiger partial charge in [-0.1, -0.05) is 12.1 Å². The van der Waals surface area contributed by atoms with Gasteiger partial charge in [0.2, 0.25) is 5.88 Å². The molecule has 0 bridgehead atoms. The van der Waals surface area contributed by atoms with Crippen LogP contribution in [0.2, 0.25) is 0 Å². The number of carbonyl (C=O) groups excluding carboxylic acids is 1. The summed E-state index contributed by atoms with van der Waals surface area (Å²) in [4.78, 5) is 17.1. The van der Waals surface area contributed by atoms with Crippen molar-refractivity contribution < 1.29 is 22.7 Å². The molecule has 34 heavy (non-hydrogen) atoms. The molecule has 9 heteroatoms. The zero-order chi connectivity index (χ0) is 24.1. The van der Waals surface area contributed by atoms with E-state index in [9.17, 15) is 13.2 Å². The predicted octanol–water partition coefficient (Wildman–Crippen LogP) is 4.20. The van der Waals surface area contributed by atoms with Crippen molar-refractivity contribution in [1.82, 2.24) is 10.3 Å². The third kappa shape index (κ3) is 5.73. The Hall–Kier alpha value is -3.43. The van der Waals surface area contributed by atoms with Crippen LogP contribution in [0.1, 0.15) is 34.3 Å². The van der Waals surface area contributed by atoms with Crippen molar-refractivity contribution in [3.05, 3.63) is 77.5 Å². The molecule has 178 valence electrons. The number of hydrogen-bond donors (Lipinski definition) is 2. The minimum Gasteiger partial charge on any atom is -0.438 e. The first kappa shape index (κ1) is 23.7. The average molecular weight is 482 g/mol. The smallest absolute Gasteiger partial charge is 0.262 e. The molecule has 2 N–H and O–H groups in total. The van der Waals surface area contributed by atoms with Gasteiger partial charge in [-0.2, -0.15) is 0 Å². The van der Waals surface area contributed by atoms with E-state index in [1.54, 1.807) is 61.7 Å². The van der Waals surface area contributed by atoms with Crippen molar-refractivity contribution >= 4 is 21.6 Å². The fourth-order valence-corrected chi connectivity index (χ4v) is 5.05. The van der Waals surface area contributed by atoms with E-state index in [0.29, 0.717) is 29.1 Å². The maximum absolute atomic E-state index is 12.8. The lowest BCUT2D eigenvalue weighted by molar-refractivity contribution is 0.0855. The quantitative estimate of drug-likeness (QED) is 0.499. The SMILES string of the molecule is Cc1ccc(C)c(S(=O)(=O)Nc2ccc(Oc3ncccc3C(=O)NC[C@@H]3CCCO3)cc2)c1. The fraction of sp³-hybridized carbons (Fsp3) is 0.280. The summed E-state index contributed by atoms with van der Waals surface area (Å²) in [7, 11) is -3.74. The van der Waals surface area contributed by atoms with E-state index in [4.69, 9.17) is 9.47 Å². The molecule has 4 rings (SSSR count). The van der Waals surface area contributed by atoms with Gasteiger partial charge >= 0.3 is 0 Å². The lowest BCUT2D eigenvalue weighted by atomic mass is 10.2. The maximum atomic E-state index is 12.8. The Morgan fingerprint density at radius 3 is 2.68 bits per heavy atom. The number of carbonyl (C=O) groups is 1. The minimum atomic E-state index is -3.74. The summed E-state index contributed by atoms with van der Waals surface area (Å²) in [6.45, 7) is 4.76. The molecule has 0 spiro atoms. The third-order valence-corrected chi connectivity index (χ3v) is 7.01. The van der Waals surface area contributed by atoms with Crippen LogP contribution >= 0.6 is 0 Å². The van der Waals surface area contributed by atoms with E-state index in [-0.39, 0.29) is 22.8 Å². The summed E-state index contributed by atoms with van der Waals surface area (Å²) in [6.07, 6.45) is 3.50. The van der Waals surface area contributed by atoms with Gasteiger partial charge < -0.3 is 14.8 Å². The third-order valence-electron chi connectivity index (χ3n) is 5.48. The first-order valence-electron chi connectivity index (χ1n) is 11.0. The topological polar surface area (TPSA) is 107 Å². The molecule has 2 heterocycles. The number of nitrogens with one attached hydrogen (secondary N) is 2. The van der Waals surface area contributed by atoms with E-state index in [1.807, 2.05) is 13.0 Å². The molecular weight excluding hydrogens is 454 g/mol. The van der Waals surface area contributed by atoms with E-state index in [0.717, 1.165) is 25.0 Å². The summed E-state index contributed by atoms with van der Waals surface area (Å²) in [5.74, 6) is 0.286. The molecule has 1 fully saturated rings. The highest BCUT2D eigenvalue weighted by Crippen LogP contribution is 2.26. The molecule has 1 amide bonds. The molecule has 1 saturated heterocycles. The first-order chi connectivity index (χ1) is 16.3. The maximum Gasteiger partial charge on any atom is 0.262 e.